The maximum Gasteiger partial charge on any atom is 0.278 e. The average molecular weight is 443 g/mol. The van der Waals surface area contributed by atoms with Crippen molar-refractivity contribution in [3.63, 3.8) is 0 Å². The van der Waals surface area contributed by atoms with Gasteiger partial charge in [-0.15, -0.1) is 0 Å². The number of anilines is 1. The third kappa shape index (κ3) is 5.46. The van der Waals surface area contributed by atoms with Gasteiger partial charge in [0.25, 0.3) is 11.8 Å². The quantitative estimate of drug-likeness (QED) is 0.402. The van der Waals surface area contributed by atoms with E-state index in [9.17, 15) is 9.59 Å². The summed E-state index contributed by atoms with van der Waals surface area (Å²) in [5.74, 6) is -0.181. The summed E-state index contributed by atoms with van der Waals surface area (Å²) in [7, 11) is 1.54. The van der Waals surface area contributed by atoms with Crippen molar-refractivity contribution in [3.05, 3.63) is 64.8 Å². The van der Waals surface area contributed by atoms with E-state index in [0.717, 1.165) is 12.8 Å². The maximum absolute atomic E-state index is 13.2. The monoisotopic (exact) mass is 442 g/mol. The molecule has 0 saturated heterocycles. The van der Waals surface area contributed by atoms with E-state index in [-0.39, 0.29) is 24.1 Å². The molecule has 0 radical (unpaired) electrons. The van der Waals surface area contributed by atoms with Crippen molar-refractivity contribution in [3.8, 4) is 5.75 Å². The van der Waals surface area contributed by atoms with Gasteiger partial charge in [-0.05, 0) is 36.6 Å². The number of hydrogen-bond donors (Lipinski definition) is 1. The Morgan fingerprint density at radius 1 is 1.00 bits per heavy atom. The number of rotatable bonds is 11. The highest BCUT2D eigenvalue weighted by molar-refractivity contribution is 6.36. The van der Waals surface area contributed by atoms with Gasteiger partial charge in [0.1, 0.15) is 11.4 Å². The standard InChI is InChI=1S/C24H27ClN2O4/c1-3-4-14-31-15-8-13-27-23(28)21(17-9-6-5-7-10-17)22(24(27)29)26-19-16-18(25)11-12-20(19)30-2/h5-7,9-12,16,26H,3-4,8,13-15H2,1-2H3. The second-order valence-electron chi connectivity index (χ2n) is 7.17. The van der Waals surface area contributed by atoms with Crippen LogP contribution in [0.3, 0.4) is 0 Å². The molecule has 31 heavy (non-hydrogen) atoms. The Bertz CT molecular complexity index is 959. The molecule has 2 amide bonds. The number of nitrogens with zero attached hydrogens (tertiary/aromatic N) is 1. The van der Waals surface area contributed by atoms with E-state index in [4.69, 9.17) is 21.1 Å². The lowest BCUT2D eigenvalue weighted by Gasteiger charge is -2.16. The molecule has 0 saturated carbocycles. The molecule has 1 aliphatic heterocycles. The normalized spacial score (nSPS) is 13.8. The number of methoxy groups -OCH3 is 1. The van der Waals surface area contributed by atoms with Crippen molar-refractivity contribution in [1.82, 2.24) is 4.90 Å². The van der Waals surface area contributed by atoms with Crippen LogP contribution < -0.4 is 10.1 Å². The molecule has 0 spiro atoms. The third-order valence-electron chi connectivity index (χ3n) is 4.96. The largest absolute Gasteiger partial charge is 0.495 e. The molecule has 2 aromatic rings. The highest BCUT2D eigenvalue weighted by Crippen LogP contribution is 2.34. The van der Waals surface area contributed by atoms with Crippen LogP contribution in [0.1, 0.15) is 31.7 Å². The Labute approximate surface area is 187 Å². The van der Waals surface area contributed by atoms with Crippen LogP contribution in [0.2, 0.25) is 5.02 Å². The molecule has 1 N–H and O–H groups in total. The number of ether oxygens (including phenoxy) is 2. The first kappa shape index (κ1) is 22.8. The predicted molar refractivity (Wildman–Crippen MR) is 122 cm³/mol. The summed E-state index contributed by atoms with van der Waals surface area (Å²) < 4.78 is 11.0. The number of unbranched alkanes of at least 4 members (excludes halogenated alkanes) is 1. The third-order valence-corrected chi connectivity index (χ3v) is 5.20. The molecular weight excluding hydrogens is 416 g/mol. The Balaban J connectivity index is 1.86. The summed E-state index contributed by atoms with van der Waals surface area (Å²) in [5, 5.41) is 3.59. The molecule has 3 rings (SSSR count). The lowest BCUT2D eigenvalue weighted by molar-refractivity contribution is -0.137. The first-order chi connectivity index (χ1) is 15.1. The van der Waals surface area contributed by atoms with Gasteiger partial charge in [0.05, 0.1) is 18.4 Å². The summed E-state index contributed by atoms with van der Waals surface area (Å²) >= 11 is 6.14. The number of halogens is 1. The van der Waals surface area contributed by atoms with Gasteiger partial charge in [0, 0.05) is 24.8 Å². The molecule has 164 valence electrons. The summed E-state index contributed by atoms with van der Waals surface area (Å²) in [6, 6.07) is 14.2. The molecule has 0 atom stereocenters. The summed E-state index contributed by atoms with van der Waals surface area (Å²) in [5.41, 5.74) is 1.73. The predicted octanol–water partition coefficient (Wildman–Crippen LogP) is 4.75. The molecule has 0 aromatic heterocycles. The van der Waals surface area contributed by atoms with Crippen LogP contribution >= 0.6 is 11.6 Å². The minimum atomic E-state index is -0.376. The van der Waals surface area contributed by atoms with Crippen LogP contribution in [0.15, 0.2) is 54.2 Å². The minimum Gasteiger partial charge on any atom is -0.495 e. The lowest BCUT2D eigenvalue weighted by Crippen LogP contribution is -2.34. The fourth-order valence-corrected chi connectivity index (χ4v) is 3.53. The van der Waals surface area contributed by atoms with Crippen LogP contribution in [-0.4, -0.2) is 43.6 Å². The van der Waals surface area contributed by atoms with Crippen molar-refractivity contribution in [2.75, 3.05) is 32.2 Å². The fourth-order valence-electron chi connectivity index (χ4n) is 3.35. The Morgan fingerprint density at radius 3 is 2.45 bits per heavy atom. The van der Waals surface area contributed by atoms with Gasteiger partial charge >= 0.3 is 0 Å². The Hall–Kier alpha value is -2.83. The molecule has 1 aliphatic rings. The first-order valence-electron chi connectivity index (χ1n) is 10.4. The highest BCUT2D eigenvalue weighted by Gasteiger charge is 2.39. The molecule has 0 bridgehead atoms. The van der Waals surface area contributed by atoms with Crippen molar-refractivity contribution in [2.45, 2.75) is 26.2 Å². The number of imide groups is 1. The summed E-state index contributed by atoms with van der Waals surface area (Å²) in [4.78, 5) is 27.7. The molecule has 2 aromatic carbocycles. The summed E-state index contributed by atoms with van der Waals surface area (Å²) in [6.07, 6.45) is 2.64. The molecule has 0 fully saturated rings. The molecule has 1 heterocycles. The van der Waals surface area contributed by atoms with E-state index in [1.165, 1.54) is 12.0 Å². The highest BCUT2D eigenvalue weighted by atomic mass is 35.5. The molecule has 0 aliphatic carbocycles. The van der Waals surface area contributed by atoms with Crippen molar-refractivity contribution >= 4 is 34.7 Å². The SMILES string of the molecule is CCCCOCCCN1C(=O)C(Nc2cc(Cl)ccc2OC)=C(c2ccccc2)C1=O. The van der Waals surface area contributed by atoms with Crippen molar-refractivity contribution < 1.29 is 19.1 Å². The Morgan fingerprint density at radius 2 is 1.74 bits per heavy atom. The summed E-state index contributed by atoms with van der Waals surface area (Å²) in [6.45, 7) is 3.58. The average Bonchev–Trinajstić information content (AvgIpc) is 3.01. The second kappa shape index (κ2) is 11.0. The smallest absolute Gasteiger partial charge is 0.278 e. The second-order valence-corrected chi connectivity index (χ2v) is 7.60. The molecule has 0 unspecified atom stereocenters. The fraction of sp³-hybridized carbons (Fsp3) is 0.333. The van der Waals surface area contributed by atoms with Gasteiger partial charge in [-0.25, -0.2) is 0 Å². The van der Waals surface area contributed by atoms with Crippen LogP contribution in [-0.2, 0) is 14.3 Å². The minimum absolute atomic E-state index is 0.212. The number of hydrogen-bond acceptors (Lipinski definition) is 5. The van der Waals surface area contributed by atoms with E-state index in [1.807, 2.05) is 30.3 Å². The van der Waals surface area contributed by atoms with Crippen molar-refractivity contribution in [1.29, 1.82) is 0 Å². The number of nitrogens with one attached hydrogen (secondary N) is 1. The van der Waals surface area contributed by atoms with Crippen LogP contribution in [0, 0.1) is 0 Å². The van der Waals surface area contributed by atoms with Crippen molar-refractivity contribution in [2.24, 2.45) is 0 Å². The molecule has 6 nitrogen and oxygen atoms in total. The zero-order valence-corrected chi connectivity index (χ0v) is 18.6. The van der Waals surface area contributed by atoms with Gasteiger partial charge in [-0.1, -0.05) is 55.3 Å². The maximum atomic E-state index is 13.2. The zero-order chi connectivity index (χ0) is 22.2. The van der Waals surface area contributed by atoms with Crippen LogP contribution in [0.5, 0.6) is 5.75 Å². The number of amides is 2. The number of carbonyl (C=O) groups excluding carboxylic acids is 2. The van der Waals surface area contributed by atoms with E-state index < -0.39 is 0 Å². The number of benzene rings is 2. The molecular formula is C24H27ClN2O4. The van der Waals surface area contributed by atoms with Gasteiger partial charge < -0.3 is 14.8 Å². The van der Waals surface area contributed by atoms with Crippen LogP contribution in [0.25, 0.3) is 5.57 Å². The topological polar surface area (TPSA) is 67.9 Å². The van der Waals surface area contributed by atoms with Gasteiger partial charge in [-0.2, -0.15) is 0 Å². The first-order valence-corrected chi connectivity index (χ1v) is 10.8. The van der Waals surface area contributed by atoms with E-state index in [2.05, 4.69) is 12.2 Å². The lowest BCUT2D eigenvalue weighted by atomic mass is 10.0. The van der Waals surface area contributed by atoms with Gasteiger partial charge in [0.2, 0.25) is 0 Å². The van der Waals surface area contributed by atoms with E-state index in [1.54, 1.807) is 18.2 Å². The zero-order valence-electron chi connectivity index (χ0n) is 17.8. The Kier molecular flexibility index (Phi) is 8.09. The van der Waals surface area contributed by atoms with Gasteiger partial charge in [-0.3, -0.25) is 14.5 Å². The van der Waals surface area contributed by atoms with E-state index in [0.29, 0.717) is 47.2 Å². The van der Waals surface area contributed by atoms with E-state index >= 15 is 0 Å². The van der Waals surface area contributed by atoms with Crippen LogP contribution in [0.4, 0.5) is 5.69 Å². The number of carbonyl (C=O) groups is 2. The van der Waals surface area contributed by atoms with Gasteiger partial charge in [0.15, 0.2) is 0 Å². The molecule has 7 heteroatoms.